The van der Waals surface area contributed by atoms with E-state index in [-0.39, 0.29) is 38.0 Å². The van der Waals surface area contributed by atoms with Crippen LogP contribution in [0.3, 0.4) is 0 Å². The van der Waals surface area contributed by atoms with Gasteiger partial charge in [-0.15, -0.1) is 0 Å². The summed E-state index contributed by atoms with van der Waals surface area (Å²) < 4.78 is 29.1. The Bertz CT molecular complexity index is 1700. The summed E-state index contributed by atoms with van der Waals surface area (Å²) in [4.78, 5) is 25.1. The SMILES string of the molecule is C[C@@H]1[C@H](O)[C@@H](C)/C=C/C=C/C=C/C=C/C=C/C=C/C=C/[C@H](O[C@@H]2O[C@H](C)[C@@H](O)[C@H](N)[C@H]2O)C[C@@H]2O[C@](O)(C[C@@H](O)C[C@@H](O)[C@H](O)CC[C@@H](O)C[C@@H](O)CC(=O)O[C@H]1C)C[C@@H]1OC(=O)N[C@H]12. The number of alkyl carbamates (subject to hydrolysis) is 1. The highest BCUT2D eigenvalue weighted by Gasteiger charge is 2.53. The van der Waals surface area contributed by atoms with Gasteiger partial charge < -0.3 is 80.7 Å². The summed E-state index contributed by atoms with van der Waals surface area (Å²) in [6.45, 7) is 6.84. The average molecular weight is 921 g/mol. The lowest BCUT2D eigenvalue weighted by Gasteiger charge is -2.44. The third kappa shape index (κ3) is 17.2. The number of hydrogen-bond acceptors (Lipinski definition) is 17. The van der Waals surface area contributed by atoms with E-state index in [0.29, 0.717) is 0 Å². The molecule has 3 saturated heterocycles. The summed E-state index contributed by atoms with van der Waals surface area (Å²) in [7, 11) is 0. The Morgan fingerprint density at radius 1 is 0.646 bits per heavy atom. The van der Waals surface area contributed by atoms with E-state index in [9.17, 15) is 55.5 Å². The molecule has 4 rings (SSSR count). The molecule has 2 bridgehead atoms. The third-order valence-corrected chi connectivity index (χ3v) is 12.3. The number of carbonyl (C=O) groups is 2. The van der Waals surface area contributed by atoms with Crippen LogP contribution in [0.25, 0.3) is 0 Å². The van der Waals surface area contributed by atoms with Crippen molar-refractivity contribution in [1.29, 1.82) is 0 Å². The Hall–Kier alpha value is -3.60. The molecule has 0 aromatic rings. The van der Waals surface area contributed by atoms with Crippen LogP contribution in [0, 0.1) is 11.8 Å². The van der Waals surface area contributed by atoms with Gasteiger partial charge in [0, 0.05) is 37.5 Å². The standard InChI is InChI=1S/C47H72N2O16/c1-27-17-15-13-11-9-7-5-6-8-10-12-14-16-18-34(63-45-44(58)40(48)43(57)30(4)62-45)24-37-41-38(64-46(59)49-41)26-47(60,65-37)25-33(52)22-36(54)35(53)20-19-31(50)21-32(51)23-39(55)61-29(3)28(2)42(27)56/h5-18,27-38,40-45,50-54,56-58,60H,19-26,48H2,1-4H3,(H,49,59)/b6-5+,9-7+,10-8+,13-11+,14-12+,17-15+,18-16+/t27-,28-,29-,30+,31+,32+,33-,34-,35+,36+,37-,38-,40-,41-,42+,43+,44+,45-,47+/m0/s1. The van der Waals surface area contributed by atoms with Gasteiger partial charge in [-0.05, 0) is 33.1 Å². The van der Waals surface area contributed by atoms with Crippen molar-refractivity contribution in [2.75, 3.05) is 0 Å². The van der Waals surface area contributed by atoms with Crippen molar-refractivity contribution in [3.63, 3.8) is 0 Å². The van der Waals surface area contributed by atoms with Crippen molar-refractivity contribution in [1.82, 2.24) is 5.32 Å². The lowest BCUT2D eigenvalue weighted by molar-refractivity contribution is -0.298. The van der Waals surface area contributed by atoms with Crippen molar-refractivity contribution < 1.29 is 79.2 Å². The number of aliphatic hydroxyl groups excluding tert-OH is 8. The van der Waals surface area contributed by atoms with Gasteiger partial charge in [0.15, 0.2) is 12.1 Å². The molecule has 0 unspecified atom stereocenters. The smallest absolute Gasteiger partial charge is 0.407 e. The molecule has 0 aromatic carbocycles. The Morgan fingerprint density at radius 2 is 1.25 bits per heavy atom. The van der Waals surface area contributed by atoms with E-state index in [2.05, 4.69) is 5.32 Å². The summed E-state index contributed by atoms with van der Waals surface area (Å²) in [6, 6.07) is -1.84. The maximum absolute atomic E-state index is 12.6. The van der Waals surface area contributed by atoms with Crippen molar-refractivity contribution in [2.24, 2.45) is 17.6 Å². The molecule has 18 nitrogen and oxygen atoms in total. The molecule has 19 atom stereocenters. The van der Waals surface area contributed by atoms with Crippen LogP contribution in [0.15, 0.2) is 85.1 Å². The van der Waals surface area contributed by atoms with E-state index < -0.39 is 141 Å². The van der Waals surface area contributed by atoms with Crippen LogP contribution in [-0.4, -0.2) is 162 Å². The van der Waals surface area contributed by atoms with Crippen molar-refractivity contribution >= 4 is 12.1 Å². The van der Waals surface area contributed by atoms with Gasteiger partial charge in [0.25, 0.3) is 0 Å². The van der Waals surface area contributed by atoms with Crippen molar-refractivity contribution in [2.45, 2.75) is 183 Å². The fourth-order valence-electron chi connectivity index (χ4n) is 8.23. The van der Waals surface area contributed by atoms with Crippen LogP contribution < -0.4 is 11.1 Å². The zero-order valence-corrected chi connectivity index (χ0v) is 37.6. The van der Waals surface area contributed by atoms with E-state index in [4.69, 9.17) is 29.4 Å². The number of amides is 1. The summed E-state index contributed by atoms with van der Waals surface area (Å²) in [5.74, 6) is -3.50. The normalized spacial score (nSPS) is 46.2. The molecule has 4 aliphatic heterocycles. The number of cyclic esters (lactones) is 1. The van der Waals surface area contributed by atoms with Crippen molar-refractivity contribution in [3.8, 4) is 0 Å². The molecule has 65 heavy (non-hydrogen) atoms. The molecule has 366 valence electrons. The number of fused-ring (bicyclic) bond motifs is 4. The third-order valence-electron chi connectivity index (χ3n) is 12.3. The predicted octanol–water partition coefficient (Wildman–Crippen LogP) is 1.13. The number of nitrogens with two attached hydrogens (primary N) is 1. The lowest BCUT2D eigenvalue weighted by atomic mass is 9.87. The minimum Gasteiger partial charge on any atom is -0.462 e. The first-order valence-corrected chi connectivity index (χ1v) is 22.5. The van der Waals surface area contributed by atoms with Gasteiger partial charge in [0.2, 0.25) is 0 Å². The monoisotopic (exact) mass is 920 g/mol. The molecule has 4 aliphatic rings. The Morgan fingerprint density at radius 3 is 1.88 bits per heavy atom. The van der Waals surface area contributed by atoms with Gasteiger partial charge in [-0.25, -0.2) is 4.79 Å². The number of nitrogens with one attached hydrogen (secondary N) is 1. The van der Waals surface area contributed by atoms with Gasteiger partial charge in [0.1, 0.15) is 18.3 Å². The number of esters is 1. The van der Waals surface area contributed by atoms with Crippen LogP contribution in [0.5, 0.6) is 0 Å². The summed E-state index contributed by atoms with van der Waals surface area (Å²) in [5, 5.41) is 100. The van der Waals surface area contributed by atoms with Crippen molar-refractivity contribution in [3.05, 3.63) is 85.1 Å². The van der Waals surface area contributed by atoms with Gasteiger partial charge >= 0.3 is 12.1 Å². The molecular weight excluding hydrogens is 849 g/mol. The van der Waals surface area contributed by atoms with Gasteiger partial charge in [0.05, 0.1) is 79.5 Å². The Balaban J connectivity index is 1.53. The molecule has 12 N–H and O–H groups in total. The van der Waals surface area contributed by atoms with E-state index in [1.165, 1.54) is 0 Å². The molecule has 1 amide bonds. The molecule has 0 aliphatic carbocycles. The van der Waals surface area contributed by atoms with Crippen LogP contribution in [-0.2, 0) is 28.5 Å². The second kappa shape index (κ2) is 26.1. The fourth-order valence-corrected chi connectivity index (χ4v) is 8.23. The molecule has 3 fully saturated rings. The first-order valence-electron chi connectivity index (χ1n) is 22.5. The van der Waals surface area contributed by atoms with Gasteiger partial charge in [-0.3, -0.25) is 4.79 Å². The number of ether oxygens (including phenoxy) is 5. The predicted molar refractivity (Wildman–Crippen MR) is 237 cm³/mol. The molecular formula is C47H72N2O16. The zero-order valence-electron chi connectivity index (χ0n) is 37.6. The maximum atomic E-state index is 12.6. The molecule has 18 heteroatoms. The number of carbonyl (C=O) groups excluding carboxylic acids is 2. The average Bonchev–Trinajstić information content (AvgIpc) is 3.61. The van der Waals surface area contributed by atoms with Gasteiger partial charge in [-0.2, -0.15) is 0 Å². The van der Waals surface area contributed by atoms with Crippen LogP contribution >= 0.6 is 0 Å². The lowest BCUT2D eigenvalue weighted by Crippen LogP contribution is -2.62. The molecule has 4 heterocycles. The minimum absolute atomic E-state index is 0.0414. The summed E-state index contributed by atoms with van der Waals surface area (Å²) >= 11 is 0. The Kier molecular flexibility index (Phi) is 21.7. The topological polar surface area (TPSA) is 300 Å². The van der Waals surface area contributed by atoms with E-state index >= 15 is 0 Å². The van der Waals surface area contributed by atoms with E-state index in [0.717, 1.165) is 0 Å². The highest BCUT2D eigenvalue weighted by Crippen LogP contribution is 2.38. The largest absolute Gasteiger partial charge is 0.462 e. The summed E-state index contributed by atoms with van der Waals surface area (Å²) in [5.41, 5.74) is 6.07. The summed E-state index contributed by atoms with van der Waals surface area (Å²) in [6.07, 6.45) is 6.59. The first-order chi connectivity index (χ1) is 30.8. The first kappa shape index (κ1) is 54.0. The second-order valence-corrected chi connectivity index (χ2v) is 17.8. The highest BCUT2D eigenvalue weighted by atomic mass is 16.7. The van der Waals surface area contributed by atoms with E-state index in [1.807, 2.05) is 61.6 Å². The number of aliphatic hydroxyl groups is 9. The fraction of sp³-hybridized carbons (Fsp3) is 0.660. The second-order valence-electron chi connectivity index (χ2n) is 17.8. The van der Waals surface area contributed by atoms with Gasteiger partial charge in [-0.1, -0.05) is 98.9 Å². The maximum Gasteiger partial charge on any atom is 0.407 e. The van der Waals surface area contributed by atoms with Crippen LogP contribution in [0.2, 0.25) is 0 Å². The highest BCUT2D eigenvalue weighted by molar-refractivity contribution is 5.70. The minimum atomic E-state index is -2.09. The molecule has 0 aromatic heterocycles. The van der Waals surface area contributed by atoms with Crippen LogP contribution in [0.4, 0.5) is 4.79 Å². The Labute approximate surface area is 381 Å². The molecule has 0 spiro atoms. The zero-order chi connectivity index (χ0) is 47.8. The quantitative estimate of drug-likeness (QED) is 0.173. The number of rotatable bonds is 2. The van der Waals surface area contributed by atoms with Crippen LogP contribution in [0.1, 0.15) is 79.1 Å². The van der Waals surface area contributed by atoms with E-state index in [1.54, 1.807) is 51.2 Å². The molecule has 0 saturated carbocycles. The number of hydrogen-bond donors (Lipinski definition) is 11. The molecule has 0 radical (unpaired) electrons. The number of allylic oxidation sites excluding steroid dienone is 12.